The van der Waals surface area contributed by atoms with Gasteiger partial charge in [0.25, 0.3) is 0 Å². The Balaban J connectivity index is 2.27. The van der Waals surface area contributed by atoms with Crippen LogP contribution in [0.1, 0.15) is 11.3 Å². The maximum atomic E-state index is 11.0. The van der Waals surface area contributed by atoms with Crippen LogP contribution < -0.4 is 5.32 Å². The maximum Gasteiger partial charge on any atom is 0.245 e. The number of carbonyl (C=O) groups is 1. The predicted octanol–water partition coefficient (Wildman–Crippen LogP) is 2.43. The summed E-state index contributed by atoms with van der Waals surface area (Å²) in [5.74, 6) is -0.383. The molecule has 0 saturated heterocycles. The standard InChI is InChI=1S/C13H14Cl2N2O2/c1-7-9(2-3-16-12(19)6-18)13-10(15)4-8(14)5-11(13)17-7/h4-5,17-18H,2-3,6H2,1H3,(H,16,19). The number of fused-ring (bicyclic) bond motifs is 1. The summed E-state index contributed by atoms with van der Waals surface area (Å²) in [5, 5.41) is 13.4. The highest BCUT2D eigenvalue weighted by atomic mass is 35.5. The van der Waals surface area contributed by atoms with Gasteiger partial charge in [0, 0.05) is 28.2 Å². The van der Waals surface area contributed by atoms with E-state index in [4.69, 9.17) is 28.3 Å². The molecule has 0 fully saturated rings. The van der Waals surface area contributed by atoms with Gasteiger partial charge in [-0.3, -0.25) is 4.79 Å². The van der Waals surface area contributed by atoms with E-state index in [1.807, 2.05) is 13.0 Å². The molecule has 0 bridgehead atoms. The van der Waals surface area contributed by atoms with Crippen molar-refractivity contribution in [3.8, 4) is 0 Å². The number of aryl methyl sites for hydroxylation is 1. The van der Waals surface area contributed by atoms with E-state index in [1.165, 1.54) is 0 Å². The summed E-state index contributed by atoms with van der Waals surface area (Å²) in [5.41, 5.74) is 2.94. The number of rotatable bonds is 4. The number of aromatic amines is 1. The fourth-order valence-electron chi connectivity index (χ4n) is 2.14. The highest BCUT2D eigenvalue weighted by molar-refractivity contribution is 6.38. The molecule has 2 rings (SSSR count). The van der Waals surface area contributed by atoms with Gasteiger partial charge in [-0.1, -0.05) is 23.2 Å². The number of aliphatic hydroxyl groups excluding tert-OH is 1. The smallest absolute Gasteiger partial charge is 0.245 e. The lowest BCUT2D eigenvalue weighted by Gasteiger charge is -2.05. The van der Waals surface area contributed by atoms with E-state index < -0.39 is 6.61 Å². The second-order valence-electron chi connectivity index (χ2n) is 4.30. The van der Waals surface area contributed by atoms with E-state index in [0.29, 0.717) is 23.0 Å². The first-order chi connectivity index (χ1) is 9.02. The minimum Gasteiger partial charge on any atom is -0.387 e. The van der Waals surface area contributed by atoms with Crippen LogP contribution in [0.25, 0.3) is 10.9 Å². The Hall–Kier alpha value is -1.23. The lowest BCUT2D eigenvalue weighted by molar-refractivity contribution is -0.123. The van der Waals surface area contributed by atoms with Crippen LogP contribution in [0.4, 0.5) is 0 Å². The van der Waals surface area contributed by atoms with Gasteiger partial charge in [0.2, 0.25) is 5.91 Å². The van der Waals surface area contributed by atoms with Gasteiger partial charge in [-0.05, 0) is 31.0 Å². The number of hydrogen-bond donors (Lipinski definition) is 3. The number of hydrogen-bond acceptors (Lipinski definition) is 2. The molecule has 19 heavy (non-hydrogen) atoms. The molecule has 6 heteroatoms. The zero-order chi connectivity index (χ0) is 14.0. The summed E-state index contributed by atoms with van der Waals surface area (Å²) in [4.78, 5) is 14.2. The summed E-state index contributed by atoms with van der Waals surface area (Å²) in [7, 11) is 0. The number of nitrogens with one attached hydrogen (secondary N) is 2. The molecule has 1 aromatic carbocycles. The van der Waals surface area contributed by atoms with Crippen molar-refractivity contribution in [1.82, 2.24) is 10.3 Å². The molecule has 102 valence electrons. The van der Waals surface area contributed by atoms with Crippen LogP contribution in [-0.2, 0) is 11.2 Å². The van der Waals surface area contributed by atoms with Gasteiger partial charge >= 0.3 is 0 Å². The Morgan fingerprint density at radius 1 is 1.42 bits per heavy atom. The van der Waals surface area contributed by atoms with Crippen molar-refractivity contribution < 1.29 is 9.90 Å². The van der Waals surface area contributed by atoms with Crippen LogP contribution in [0.2, 0.25) is 10.0 Å². The SMILES string of the molecule is Cc1[nH]c2cc(Cl)cc(Cl)c2c1CCNC(=O)CO. The third-order valence-electron chi connectivity index (χ3n) is 2.97. The van der Waals surface area contributed by atoms with Crippen molar-refractivity contribution in [3.05, 3.63) is 33.4 Å². The number of carbonyl (C=O) groups excluding carboxylic acids is 1. The van der Waals surface area contributed by atoms with Gasteiger partial charge in [-0.2, -0.15) is 0 Å². The van der Waals surface area contributed by atoms with Crippen LogP contribution in [0.3, 0.4) is 0 Å². The lowest BCUT2D eigenvalue weighted by Crippen LogP contribution is -2.28. The van der Waals surface area contributed by atoms with Crippen molar-refractivity contribution >= 4 is 40.0 Å². The van der Waals surface area contributed by atoms with E-state index in [2.05, 4.69) is 10.3 Å². The first kappa shape index (κ1) is 14.2. The molecule has 0 radical (unpaired) electrons. The normalized spacial score (nSPS) is 10.9. The van der Waals surface area contributed by atoms with Crippen molar-refractivity contribution in [1.29, 1.82) is 0 Å². The molecule has 0 aliphatic carbocycles. The quantitative estimate of drug-likeness (QED) is 0.812. The van der Waals surface area contributed by atoms with Gasteiger partial charge in [0.15, 0.2) is 0 Å². The second-order valence-corrected chi connectivity index (χ2v) is 5.14. The molecule has 0 saturated carbocycles. The Morgan fingerprint density at radius 2 is 2.16 bits per heavy atom. The zero-order valence-electron chi connectivity index (χ0n) is 10.4. The van der Waals surface area contributed by atoms with E-state index in [1.54, 1.807) is 6.07 Å². The topological polar surface area (TPSA) is 65.1 Å². The second kappa shape index (κ2) is 5.82. The van der Waals surface area contributed by atoms with Crippen molar-refractivity contribution in [2.75, 3.05) is 13.2 Å². The first-order valence-corrected chi connectivity index (χ1v) is 6.62. The lowest BCUT2D eigenvalue weighted by atomic mass is 10.1. The molecule has 4 nitrogen and oxygen atoms in total. The van der Waals surface area contributed by atoms with E-state index in [0.717, 1.165) is 22.2 Å². The fourth-order valence-corrected chi connectivity index (χ4v) is 2.75. The summed E-state index contributed by atoms with van der Waals surface area (Å²) in [6, 6.07) is 3.53. The Labute approximate surface area is 120 Å². The molecule has 0 unspecified atom stereocenters. The molecular weight excluding hydrogens is 287 g/mol. The van der Waals surface area contributed by atoms with Gasteiger partial charge in [0.05, 0.1) is 5.02 Å². The molecule has 1 heterocycles. The molecule has 1 aromatic heterocycles. The number of H-pyrrole nitrogens is 1. The average molecular weight is 301 g/mol. The highest BCUT2D eigenvalue weighted by Gasteiger charge is 2.12. The van der Waals surface area contributed by atoms with Crippen LogP contribution in [0.5, 0.6) is 0 Å². The third-order valence-corrected chi connectivity index (χ3v) is 3.49. The molecule has 0 spiro atoms. The maximum absolute atomic E-state index is 11.0. The summed E-state index contributed by atoms with van der Waals surface area (Å²) < 4.78 is 0. The monoisotopic (exact) mass is 300 g/mol. The molecule has 3 N–H and O–H groups in total. The van der Waals surface area contributed by atoms with E-state index in [9.17, 15) is 4.79 Å². The van der Waals surface area contributed by atoms with Gasteiger partial charge in [-0.25, -0.2) is 0 Å². The number of amides is 1. The minimum atomic E-state index is -0.497. The zero-order valence-corrected chi connectivity index (χ0v) is 11.9. The van der Waals surface area contributed by atoms with E-state index in [-0.39, 0.29) is 5.91 Å². The van der Waals surface area contributed by atoms with Crippen LogP contribution in [-0.4, -0.2) is 29.1 Å². The predicted molar refractivity (Wildman–Crippen MR) is 76.9 cm³/mol. The molecule has 0 aliphatic heterocycles. The Morgan fingerprint density at radius 3 is 2.84 bits per heavy atom. The first-order valence-electron chi connectivity index (χ1n) is 5.86. The Kier molecular flexibility index (Phi) is 4.34. The summed E-state index contributed by atoms with van der Waals surface area (Å²) >= 11 is 12.2. The Bertz CT molecular complexity index is 623. The summed E-state index contributed by atoms with van der Waals surface area (Å²) in [6.45, 7) is 1.91. The minimum absolute atomic E-state index is 0.383. The van der Waals surface area contributed by atoms with Crippen molar-refractivity contribution in [3.63, 3.8) is 0 Å². The van der Waals surface area contributed by atoms with Crippen LogP contribution in [0.15, 0.2) is 12.1 Å². The van der Waals surface area contributed by atoms with Gasteiger partial charge < -0.3 is 15.4 Å². The highest BCUT2D eigenvalue weighted by Crippen LogP contribution is 2.32. The molecule has 0 atom stereocenters. The van der Waals surface area contributed by atoms with Crippen molar-refractivity contribution in [2.24, 2.45) is 0 Å². The number of aromatic nitrogens is 1. The fraction of sp³-hybridized carbons (Fsp3) is 0.308. The number of halogens is 2. The summed E-state index contributed by atoms with van der Waals surface area (Å²) in [6.07, 6.45) is 0.638. The van der Waals surface area contributed by atoms with Crippen LogP contribution >= 0.6 is 23.2 Å². The van der Waals surface area contributed by atoms with Gasteiger partial charge in [0.1, 0.15) is 6.61 Å². The van der Waals surface area contributed by atoms with Crippen molar-refractivity contribution in [2.45, 2.75) is 13.3 Å². The molecule has 2 aromatic rings. The number of aliphatic hydroxyl groups is 1. The van der Waals surface area contributed by atoms with E-state index >= 15 is 0 Å². The molecule has 1 amide bonds. The third kappa shape index (κ3) is 3.03. The van der Waals surface area contributed by atoms with Gasteiger partial charge in [-0.15, -0.1) is 0 Å². The average Bonchev–Trinajstić information content (AvgIpc) is 2.65. The molecular formula is C13H14Cl2N2O2. The van der Waals surface area contributed by atoms with Crippen LogP contribution in [0, 0.1) is 6.92 Å². The number of benzene rings is 1. The largest absolute Gasteiger partial charge is 0.387 e. The molecule has 0 aliphatic rings.